The maximum atomic E-state index is 13.2. The molecule has 35 heavy (non-hydrogen) atoms. The van der Waals surface area contributed by atoms with Crippen molar-refractivity contribution in [3.05, 3.63) is 102 Å². The third-order valence-corrected chi connectivity index (χ3v) is 6.20. The number of rotatable bonds is 7. The highest BCUT2D eigenvalue weighted by Gasteiger charge is 2.28. The Hall–Kier alpha value is -4.10. The molecule has 176 valence electrons. The van der Waals surface area contributed by atoms with Gasteiger partial charge in [0.05, 0.1) is 18.2 Å². The first-order chi connectivity index (χ1) is 17.2. The van der Waals surface area contributed by atoms with Crippen LogP contribution in [0.5, 0.6) is 0 Å². The number of anilines is 1. The molecule has 4 aromatic rings. The first kappa shape index (κ1) is 22.7. The Morgan fingerprint density at radius 1 is 0.943 bits per heavy atom. The van der Waals surface area contributed by atoms with E-state index in [1.807, 2.05) is 60.7 Å². The highest BCUT2D eigenvalue weighted by Crippen LogP contribution is 2.24. The van der Waals surface area contributed by atoms with E-state index in [1.165, 1.54) is 0 Å². The zero-order valence-electron chi connectivity index (χ0n) is 19.3. The van der Waals surface area contributed by atoms with Gasteiger partial charge in [0, 0.05) is 23.2 Å². The molecule has 0 spiro atoms. The summed E-state index contributed by atoms with van der Waals surface area (Å²) >= 11 is 0. The molecular weight excluding hydrogens is 440 g/mol. The third kappa shape index (κ3) is 5.36. The summed E-state index contributed by atoms with van der Waals surface area (Å²) in [6.45, 7) is 1.94. The van der Waals surface area contributed by atoms with Gasteiger partial charge in [0.1, 0.15) is 0 Å². The lowest BCUT2D eigenvalue weighted by Crippen LogP contribution is -2.40. The fraction of sp³-hybridized carbons (Fsp3) is 0.214. The van der Waals surface area contributed by atoms with E-state index in [0.29, 0.717) is 41.6 Å². The van der Waals surface area contributed by atoms with Crippen LogP contribution in [-0.2, 0) is 11.3 Å². The molecular formula is C28H26N4O3. The molecule has 0 aliphatic carbocycles. The van der Waals surface area contributed by atoms with Gasteiger partial charge in [-0.2, -0.15) is 4.98 Å². The normalized spacial score (nSPS) is 16.1. The Morgan fingerprint density at radius 3 is 2.46 bits per heavy atom. The quantitative estimate of drug-likeness (QED) is 0.393. The minimum Gasteiger partial charge on any atom is -0.338 e. The van der Waals surface area contributed by atoms with Gasteiger partial charge in [-0.15, -0.1) is 0 Å². The third-order valence-electron chi connectivity index (χ3n) is 6.20. The van der Waals surface area contributed by atoms with Gasteiger partial charge in [-0.1, -0.05) is 78.0 Å². The molecule has 5 rings (SSSR count). The Balaban J connectivity index is 1.24. The Morgan fingerprint density at radius 2 is 1.66 bits per heavy atom. The summed E-state index contributed by atoms with van der Waals surface area (Å²) in [5.41, 5.74) is 2.52. The molecule has 1 atom stereocenters. The lowest BCUT2D eigenvalue weighted by atomic mass is 9.96. The number of para-hydroxylation sites is 1. The van der Waals surface area contributed by atoms with Crippen LogP contribution in [0.1, 0.15) is 34.7 Å². The Labute approximate surface area is 203 Å². The van der Waals surface area contributed by atoms with Crippen LogP contribution in [0.3, 0.4) is 0 Å². The van der Waals surface area contributed by atoms with Crippen LogP contribution in [0, 0.1) is 5.92 Å². The average molecular weight is 467 g/mol. The maximum absolute atomic E-state index is 13.2. The van der Waals surface area contributed by atoms with E-state index >= 15 is 0 Å². The zero-order valence-corrected chi connectivity index (χ0v) is 19.3. The summed E-state index contributed by atoms with van der Waals surface area (Å²) < 4.78 is 5.46. The number of hydrogen-bond donors (Lipinski definition) is 1. The molecule has 1 saturated heterocycles. The fourth-order valence-corrected chi connectivity index (χ4v) is 4.40. The number of likely N-dealkylation sites (tertiary alicyclic amines) is 1. The van der Waals surface area contributed by atoms with Crippen LogP contribution in [0.2, 0.25) is 0 Å². The van der Waals surface area contributed by atoms with E-state index in [-0.39, 0.29) is 17.6 Å². The van der Waals surface area contributed by atoms with Gasteiger partial charge >= 0.3 is 0 Å². The summed E-state index contributed by atoms with van der Waals surface area (Å²) in [4.78, 5) is 32.8. The number of ketones is 1. The van der Waals surface area contributed by atoms with Crippen LogP contribution in [0.4, 0.5) is 5.69 Å². The standard InChI is InChI=1S/C28H26N4O3/c33-26(20-10-3-1-4-11-20)23-15-7-8-16-24(23)29-28(34)22-14-9-17-32(18-22)19-25-30-27(31-35-25)21-12-5-2-6-13-21/h1-8,10-13,15-16,22H,9,14,17-19H2,(H,29,34). The van der Waals surface area contributed by atoms with Crippen LogP contribution in [-0.4, -0.2) is 39.8 Å². The van der Waals surface area contributed by atoms with E-state index in [9.17, 15) is 9.59 Å². The molecule has 7 nitrogen and oxygen atoms in total. The fourth-order valence-electron chi connectivity index (χ4n) is 4.40. The van der Waals surface area contributed by atoms with Crippen LogP contribution in [0.15, 0.2) is 89.5 Å². The second kappa shape index (κ2) is 10.4. The van der Waals surface area contributed by atoms with E-state index in [0.717, 1.165) is 24.9 Å². The number of nitrogens with one attached hydrogen (secondary N) is 1. The van der Waals surface area contributed by atoms with Crippen LogP contribution in [0.25, 0.3) is 11.4 Å². The number of hydrogen-bond acceptors (Lipinski definition) is 6. The number of benzene rings is 3. The van der Waals surface area contributed by atoms with Crippen LogP contribution >= 0.6 is 0 Å². The number of aromatic nitrogens is 2. The largest absolute Gasteiger partial charge is 0.338 e. The van der Waals surface area contributed by atoms with Gasteiger partial charge in [-0.25, -0.2) is 0 Å². The molecule has 1 aliphatic rings. The van der Waals surface area contributed by atoms with Crippen molar-refractivity contribution in [3.63, 3.8) is 0 Å². The van der Waals surface area contributed by atoms with Gasteiger partial charge in [0.2, 0.25) is 17.6 Å². The van der Waals surface area contributed by atoms with Crippen molar-refractivity contribution in [2.45, 2.75) is 19.4 Å². The lowest BCUT2D eigenvalue weighted by molar-refractivity contribution is -0.121. The van der Waals surface area contributed by atoms with E-state index in [1.54, 1.807) is 24.3 Å². The molecule has 1 N–H and O–H groups in total. The summed E-state index contributed by atoms with van der Waals surface area (Å²) in [5.74, 6) is 0.700. The summed E-state index contributed by atoms with van der Waals surface area (Å²) in [6.07, 6.45) is 1.68. The molecule has 0 radical (unpaired) electrons. The number of carbonyl (C=O) groups excluding carboxylic acids is 2. The van der Waals surface area contributed by atoms with Crippen molar-refractivity contribution in [2.75, 3.05) is 18.4 Å². The first-order valence-corrected chi connectivity index (χ1v) is 11.8. The molecule has 2 heterocycles. The Kier molecular flexibility index (Phi) is 6.77. The number of piperidine rings is 1. The molecule has 0 bridgehead atoms. The minimum atomic E-state index is -0.194. The predicted molar refractivity (Wildman–Crippen MR) is 133 cm³/mol. The zero-order chi connectivity index (χ0) is 24.0. The lowest BCUT2D eigenvalue weighted by Gasteiger charge is -2.31. The minimum absolute atomic E-state index is 0.0847. The average Bonchev–Trinajstić information content (AvgIpc) is 3.38. The highest BCUT2D eigenvalue weighted by atomic mass is 16.5. The van der Waals surface area contributed by atoms with Gasteiger partial charge < -0.3 is 9.84 Å². The number of nitrogens with zero attached hydrogens (tertiary/aromatic N) is 3. The maximum Gasteiger partial charge on any atom is 0.241 e. The predicted octanol–water partition coefficient (Wildman–Crippen LogP) is 4.82. The van der Waals surface area contributed by atoms with Gasteiger partial charge in [0.25, 0.3) is 0 Å². The highest BCUT2D eigenvalue weighted by molar-refractivity contribution is 6.13. The number of amides is 1. The molecule has 1 fully saturated rings. The van der Waals surface area contributed by atoms with Crippen molar-refractivity contribution in [2.24, 2.45) is 5.92 Å². The van der Waals surface area contributed by atoms with Crippen molar-refractivity contribution in [3.8, 4) is 11.4 Å². The molecule has 1 aromatic heterocycles. The van der Waals surface area contributed by atoms with Crippen LogP contribution < -0.4 is 5.32 Å². The van der Waals surface area contributed by atoms with Gasteiger partial charge in [-0.3, -0.25) is 14.5 Å². The molecule has 1 amide bonds. The number of carbonyl (C=O) groups is 2. The smallest absolute Gasteiger partial charge is 0.241 e. The first-order valence-electron chi connectivity index (χ1n) is 11.8. The monoisotopic (exact) mass is 466 g/mol. The van der Waals surface area contributed by atoms with Crippen molar-refractivity contribution in [1.29, 1.82) is 0 Å². The van der Waals surface area contributed by atoms with Crippen molar-refractivity contribution < 1.29 is 14.1 Å². The second-order valence-corrected chi connectivity index (χ2v) is 8.68. The topological polar surface area (TPSA) is 88.3 Å². The van der Waals surface area contributed by atoms with E-state index in [2.05, 4.69) is 20.4 Å². The summed E-state index contributed by atoms with van der Waals surface area (Å²) in [5, 5.41) is 7.09. The van der Waals surface area contributed by atoms with Gasteiger partial charge in [-0.05, 0) is 31.5 Å². The molecule has 7 heteroatoms. The van der Waals surface area contributed by atoms with E-state index in [4.69, 9.17) is 4.52 Å². The Bertz CT molecular complexity index is 1300. The second-order valence-electron chi connectivity index (χ2n) is 8.68. The van der Waals surface area contributed by atoms with Gasteiger partial charge in [0.15, 0.2) is 5.78 Å². The molecule has 3 aromatic carbocycles. The van der Waals surface area contributed by atoms with E-state index < -0.39 is 0 Å². The SMILES string of the molecule is O=C(c1ccccc1)c1ccccc1NC(=O)C1CCCN(Cc2nc(-c3ccccc3)no2)C1. The molecule has 0 saturated carbocycles. The van der Waals surface area contributed by atoms with Crippen molar-refractivity contribution >= 4 is 17.4 Å². The summed E-state index contributed by atoms with van der Waals surface area (Å²) in [7, 11) is 0. The molecule has 1 unspecified atom stereocenters. The summed E-state index contributed by atoms with van der Waals surface area (Å²) in [6, 6.07) is 25.9. The molecule has 1 aliphatic heterocycles. The van der Waals surface area contributed by atoms with Crippen molar-refractivity contribution in [1.82, 2.24) is 15.0 Å².